The van der Waals surface area contributed by atoms with Crippen LogP contribution in [0.1, 0.15) is 74.7 Å². The minimum absolute atomic E-state index is 0.516. The zero-order chi connectivity index (χ0) is 12.9. The summed E-state index contributed by atoms with van der Waals surface area (Å²) in [5.41, 5.74) is 0.516. The number of hydrogen-bond donors (Lipinski definition) is 0. The second-order valence-electron chi connectivity index (χ2n) is 6.56. The lowest BCUT2D eigenvalue weighted by Crippen LogP contribution is -2.32. The first-order valence-corrected chi connectivity index (χ1v) is 7.29. The predicted octanol–water partition coefficient (Wildman–Crippen LogP) is 5.77. The molecule has 0 aliphatic rings. The van der Waals surface area contributed by atoms with Crippen molar-refractivity contribution < 1.29 is 0 Å². The molecule has 98 valence electrons. The van der Waals surface area contributed by atoms with Crippen molar-refractivity contribution in [3.8, 4) is 0 Å². The Morgan fingerprint density at radius 2 is 1.44 bits per heavy atom. The zero-order valence-corrected chi connectivity index (χ0v) is 12.9. The molecule has 0 heterocycles. The van der Waals surface area contributed by atoms with E-state index < -0.39 is 0 Å². The summed E-state index contributed by atoms with van der Waals surface area (Å²) in [6.45, 7) is 19.2. The Kier molecular flexibility index (Phi) is 6.67. The van der Waals surface area contributed by atoms with Gasteiger partial charge in [0.15, 0.2) is 0 Å². The van der Waals surface area contributed by atoms with Crippen LogP contribution in [0.15, 0.2) is 0 Å². The third kappa shape index (κ3) is 3.79. The third-order valence-electron chi connectivity index (χ3n) is 5.33. The molecule has 0 saturated carbocycles. The molecule has 0 spiro atoms. The van der Waals surface area contributed by atoms with Crippen LogP contribution in [0, 0.1) is 29.1 Å². The summed E-state index contributed by atoms with van der Waals surface area (Å²) < 4.78 is 0. The summed E-state index contributed by atoms with van der Waals surface area (Å²) in [4.78, 5) is 0. The number of hydrogen-bond acceptors (Lipinski definition) is 0. The third-order valence-corrected chi connectivity index (χ3v) is 5.33. The van der Waals surface area contributed by atoms with Gasteiger partial charge in [-0.3, -0.25) is 0 Å². The van der Waals surface area contributed by atoms with Gasteiger partial charge in [0, 0.05) is 0 Å². The van der Waals surface area contributed by atoms with Crippen LogP contribution in [0.5, 0.6) is 0 Å². The molecular formula is C16H34. The summed E-state index contributed by atoms with van der Waals surface area (Å²) in [6, 6.07) is 0. The molecule has 0 nitrogen and oxygen atoms in total. The molecule has 0 aromatic heterocycles. The Bertz CT molecular complexity index is 180. The van der Waals surface area contributed by atoms with E-state index in [9.17, 15) is 0 Å². The van der Waals surface area contributed by atoms with Gasteiger partial charge in [-0.25, -0.2) is 0 Å². The monoisotopic (exact) mass is 226 g/mol. The highest BCUT2D eigenvalue weighted by atomic mass is 14.4. The van der Waals surface area contributed by atoms with Gasteiger partial charge in [0.25, 0.3) is 0 Å². The molecule has 0 aromatic carbocycles. The highest BCUT2D eigenvalue weighted by molar-refractivity contribution is 4.83. The highest BCUT2D eigenvalue weighted by Gasteiger charge is 2.33. The van der Waals surface area contributed by atoms with Gasteiger partial charge in [-0.1, -0.05) is 68.2 Å². The molecule has 16 heavy (non-hydrogen) atoms. The van der Waals surface area contributed by atoms with Gasteiger partial charge in [0.2, 0.25) is 0 Å². The van der Waals surface area contributed by atoms with Crippen molar-refractivity contribution in [1.82, 2.24) is 0 Å². The molecule has 0 aliphatic heterocycles. The number of rotatable bonds is 7. The topological polar surface area (TPSA) is 0 Å². The van der Waals surface area contributed by atoms with E-state index in [-0.39, 0.29) is 0 Å². The second kappa shape index (κ2) is 6.67. The van der Waals surface area contributed by atoms with Crippen LogP contribution in [0.25, 0.3) is 0 Å². The fraction of sp³-hybridized carbons (Fsp3) is 1.00. The summed E-state index contributed by atoms with van der Waals surface area (Å²) in [7, 11) is 0. The molecular weight excluding hydrogens is 192 g/mol. The quantitative estimate of drug-likeness (QED) is 0.517. The van der Waals surface area contributed by atoms with E-state index in [1.54, 1.807) is 0 Å². The lowest BCUT2D eigenvalue weighted by Gasteiger charge is -2.41. The maximum atomic E-state index is 2.48. The van der Waals surface area contributed by atoms with Crippen molar-refractivity contribution in [2.45, 2.75) is 74.7 Å². The fourth-order valence-corrected chi connectivity index (χ4v) is 2.96. The second-order valence-corrected chi connectivity index (χ2v) is 6.56. The lowest BCUT2D eigenvalue weighted by molar-refractivity contribution is 0.0892. The van der Waals surface area contributed by atoms with E-state index in [0.717, 1.165) is 23.7 Å². The molecule has 0 N–H and O–H groups in total. The van der Waals surface area contributed by atoms with Crippen LogP contribution in [0.3, 0.4) is 0 Å². The molecule has 3 unspecified atom stereocenters. The standard InChI is InChI=1S/C16H34/c1-9-15(12(3)4)11-14(7)16(8,10-2)13(5)6/h12-15H,9-11H2,1-8H3. The Hall–Kier alpha value is 0. The van der Waals surface area contributed by atoms with Crippen molar-refractivity contribution >= 4 is 0 Å². The van der Waals surface area contributed by atoms with Crippen molar-refractivity contribution in [1.29, 1.82) is 0 Å². The van der Waals surface area contributed by atoms with Crippen molar-refractivity contribution in [3.05, 3.63) is 0 Å². The van der Waals surface area contributed by atoms with Crippen molar-refractivity contribution in [3.63, 3.8) is 0 Å². The largest absolute Gasteiger partial charge is 0.0651 e. The summed E-state index contributed by atoms with van der Waals surface area (Å²) in [6.07, 6.45) is 4.04. The summed E-state index contributed by atoms with van der Waals surface area (Å²) in [5, 5.41) is 0. The predicted molar refractivity (Wildman–Crippen MR) is 75.6 cm³/mol. The maximum Gasteiger partial charge on any atom is -0.0280 e. The Balaban J connectivity index is 4.58. The van der Waals surface area contributed by atoms with Crippen molar-refractivity contribution in [2.24, 2.45) is 29.1 Å². The molecule has 0 amide bonds. The molecule has 0 radical (unpaired) electrons. The minimum atomic E-state index is 0.516. The Labute approximate surface area is 104 Å². The molecule has 0 fully saturated rings. The smallest absolute Gasteiger partial charge is 0.0280 e. The Morgan fingerprint density at radius 3 is 1.69 bits per heavy atom. The molecule has 0 bridgehead atoms. The molecule has 0 saturated heterocycles. The van der Waals surface area contributed by atoms with Crippen molar-refractivity contribution in [2.75, 3.05) is 0 Å². The van der Waals surface area contributed by atoms with E-state index in [1.807, 2.05) is 0 Å². The molecule has 0 heteroatoms. The summed E-state index contributed by atoms with van der Waals surface area (Å²) in [5.74, 6) is 3.36. The van der Waals surface area contributed by atoms with Gasteiger partial charge in [0.1, 0.15) is 0 Å². The lowest BCUT2D eigenvalue weighted by atomic mass is 9.65. The normalized spacial score (nSPS) is 19.9. The SMILES string of the molecule is CCC(CC(C)C(C)(CC)C(C)C)C(C)C. The van der Waals surface area contributed by atoms with E-state index in [4.69, 9.17) is 0 Å². The minimum Gasteiger partial charge on any atom is -0.0651 e. The van der Waals surface area contributed by atoms with Gasteiger partial charge >= 0.3 is 0 Å². The highest BCUT2D eigenvalue weighted by Crippen LogP contribution is 2.42. The zero-order valence-electron chi connectivity index (χ0n) is 12.9. The van der Waals surface area contributed by atoms with Gasteiger partial charge in [0.05, 0.1) is 0 Å². The maximum absolute atomic E-state index is 2.48. The fourth-order valence-electron chi connectivity index (χ4n) is 2.96. The van der Waals surface area contributed by atoms with Gasteiger partial charge in [-0.2, -0.15) is 0 Å². The average molecular weight is 226 g/mol. The molecule has 3 atom stereocenters. The first kappa shape index (κ1) is 16.0. The van der Waals surface area contributed by atoms with Crippen LogP contribution in [0.4, 0.5) is 0 Å². The molecule has 0 rings (SSSR count). The van der Waals surface area contributed by atoms with E-state index in [2.05, 4.69) is 55.4 Å². The van der Waals surface area contributed by atoms with E-state index >= 15 is 0 Å². The van der Waals surface area contributed by atoms with E-state index in [0.29, 0.717) is 5.41 Å². The molecule has 0 aromatic rings. The summed E-state index contributed by atoms with van der Waals surface area (Å²) >= 11 is 0. The van der Waals surface area contributed by atoms with Crippen LogP contribution < -0.4 is 0 Å². The van der Waals surface area contributed by atoms with Crippen LogP contribution >= 0.6 is 0 Å². The van der Waals surface area contributed by atoms with Gasteiger partial charge in [-0.15, -0.1) is 0 Å². The first-order chi connectivity index (χ1) is 7.29. The Morgan fingerprint density at radius 1 is 0.938 bits per heavy atom. The average Bonchev–Trinajstić information content (AvgIpc) is 2.23. The van der Waals surface area contributed by atoms with Gasteiger partial charge in [-0.05, 0) is 35.5 Å². The van der Waals surface area contributed by atoms with Crippen LogP contribution in [-0.2, 0) is 0 Å². The van der Waals surface area contributed by atoms with Crippen LogP contribution in [-0.4, -0.2) is 0 Å². The molecule has 0 aliphatic carbocycles. The van der Waals surface area contributed by atoms with Crippen LogP contribution in [0.2, 0.25) is 0 Å². The van der Waals surface area contributed by atoms with E-state index in [1.165, 1.54) is 19.3 Å². The van der Waals surface area contributed by atoms with Gasteiger partial charge < -0.3 is 0 Å². The first-order valence-electron chi connectivity index (χ1n) is 7.29.